The lowest BCUT2D eigenvalue weighted by atomic mass is 10.3. The molecule has 0 unspecified atom stereocenters. The summed E-state index contributed by atoms with van der Waals surface area (Å²) in [5, 5.41) is 0. The van der Waals surface area contributed by atoms with Crippen LogP contribution >= 0.6 is 11.8 Å². The normalized spacial score (nSPS) is 14.6. The van der Waals surface area contributed by atoms with Gasteiger partial charge >= 0.3 is 0 Å². The fourth-order valence-electron chi connectivity index (χ4n) is 1.48. The maximum atomic E-state index is 5.63. The second kappa shape index (κ2) is 6.01. The second-order valence-corrected chi connectivity index (χ2v) is 4.67. The smallest absolute Gasteiger partial charge is 0.162 e. The van der Waals surface area contributed by atoms with Crippen molar-refractivity contribution in [3.05, 3.63) is 18.2 Å². The Labute approximate surface area is 100 Å². The Kier molecular flexibility index (Phi) is 4.36. The molecular weight excluding hydrogens is 224 g/mol. The number of hydrogen-bond donors (Lipinski definition) is 0. The summed E-state index contributed by atoms with van der Waals surface area (Å²) in [4.78, 5) is 1.20. The van der Waals surface area contributed by atoms with Gasteiger partial charge in [-0.15, -0.1) is 11.8 Å². The van der Waals surface area contributed by atoms with Gasteiger partial charge in [0.25, 0.3) is 0 Å². The molecule has 1 aliphatic heterocycles. The highest BCUT2D eigenvalue weighted by Gasteiger charge is 2.10. The van der Waals surface area contributed by atoms with Gasteiger partial charge in [-0.1, -0.05) is 0 Å². The minimum atomic E-state index is 0.735. The standard InChI is InChI=1S/C12H16O3S/c1-13-7-8-16-10-3-4-11-12(9-10)15-6-2-5-14-11/h3-4,9H,2,5-8H2,1H3. The molecule has 0 fully saturated rings. The Morgan fingerprint density at radius 2 is 2.06 bits per heavy atom. The number of methoxy groups -OCH3 is 1. The predicted molar refractivity (Wildman–Crippen MR) is 64.6 cm³/mol. The zero-order valence-electron chi connectivity index (χ0n) is 9.40. The van der Waals surface area contributed by atoms with E-state index in [2.05, 4.69) is 6.07 Å². The first-order valence-corrected chi connectivity index (χ1v) is 6.40. The molecule has 88 valence electrons. The summed E-state index contributed by atoms with van der Waals surface area (Å²) in [6, 6.07) is 6.09. The molecular formula is C12H16O3S. The SMILES string of the molecule is COCCSc1ccc2c(c1)OCCCO2. The van der Waals surface area contributed by atoms with Crippen LogP contribution in [0.3, 0.4) is 0 Å². The first kappa shape index (κ1) is 11.6. The van der Waals surface area contributed by atoms with Gasteiger partial charge in [-0.2, -0.15) is 0 Å². The maximum absolute atomic E-state index is 5.63. The highest BCUT2D eigenvalue weighted by Crippen LogP contribution is 2.33. The molecule has 1 heterocycles. The molecule has 0 saturated carbocycles. The summed E-state index contributed by atoms with van der Waals surface area (Å²) in [6.45, 7) is 2.24. The van der Waals surface area contributed by atoms with Gasteiger partial charge in [0.2, 0.25) is 0 Å². The monoisotopic (exact) mass is 240 g/mol. The molecule has 0 aliphatic carbocycles. The molecule has 0 N–H and O–H groups in total. The molecule has 3 nitrogen and oxygen atoms in total. The lowest BCUT2D eigenvalue weighted by Crippen LogP contribution is -1.97. The summed E-state index contributed by atoms with van der Waals surface area (Å²) in [5.41, 5.74) is 0. The van der Waals surface area contributed by atoms with Gasteiger partial charge in [-0.3, -0.25) is 0 Å². The Bertz CT molecular complexity index is 341. The van der Waals surface area contributed by atoms with E-state index in [4.69, 9.17) is 14.2 Å². The maximum Gasteiger partial charge on any atom is 0.162 e. The third-order valence-electron chi connectivity index (χ3n) is 2.28. The Morgan fingerprint density at radius 3 is 2.88 bits per heavy atom. The fourth-order valence-corrected chi connectivity index (χ4v) is 2.32. The van der Waals surface area contributed by atoms with Crippen LogP contribution in [0.15, 0.2) is 23.1 Å². The van der Waals surface area contributed by atoms with Crippen molar-refractivity contribution >= 4 is 11.8 Å². The summed E-state index contributed by atoms with van der Waals surface area (Å²) in [5.74, 6) is 2.67. The topological polar surface area (TPSA) is 27.7 Å². The van der Waals surface area contributed by atoms with E-state index in [-0.39, 0.29) is 0 Å². The van der Waals surface area contributed by atoms with Gasteiger partial charge < -0.3 is 14.2 Å². The zero-order valence-corrected chi connectivity index (χ0v) is 10.2. The van der Waals surface area contributed by atoms with Crippen molar-refractivity contribution in [1.29, 1.82) is 0 Å². The van der Waals surface area contributed by atoms with Crippen LogP contribution in [-0.4, -0.2) is 32.7 Å². The summed E-state index contributed by atoms with van der Waals surface area (Å²) >= 11 is 1.76. The molecule has 0 bridgehead atoms. The van der Waals surface area contributed by atoms with Crippen molar-refractivity contribution in [3.8, 4) is 11.5 Å². The highest BCUT2D eigenvalue weighted by atomic mass is 32.2. The molecule has 1 aromatic carbocycles. The number of hydrogen-bond acceptors (Lipinski definition) is 4. The minimum Gasteiger partial charge on any atom is -0.490 e. The van der Waals surface area contributed by atoms with Crippen LogP contribution in [0.5, 0.6) is 11.5 Å². The molecule has 0 saturated heterocycles. The number of benzene rings is 1. The summed E-state index contributed by atoms with van der Waals surface area (Å²) in [6.07, 6.45) is 0.945. The molecule has 0 atom stereocenters. The van der Waals surface area contributed by atoms with Crippen LogP contribution in [-0.2, 0) is 4.74 Å². The largest absolute Gasteiger partial charge is 0.490 e. The van der Waals surface area contributed by atoms with Gasteiger partial charge in [0, 0.05) is 24.2 Å². The van der Waals surface area contributed by atoms with E-state index in [1.54, 1.807) is 18.9 Å². The molecule has 1 aromatic rings. The molecule has 1 aliphatic rings. The van der Waals surface area contributed by atoms with Crippen LogP contribution in [0, 0.1) is 0 Å². The Hall–Kier alpha value is -0.870. The fraction of sp³-hybridized carbons (Fsp3) is 0.500. The zero-order chi connectivity index (χ0) is 11.2. The molecule has 16 heavy (non-hydrogen) atoms. The average Bonchev–Trinajstić information content (AvgIpc) is 2.54. The van der Waals surface area contributed by atoms with Crippen LogP contribution in [0.1, 0.15) is 6.42 Å². The van der Waals surface area contributed by atoms with E-state index < -0.39 is 0 Å². The lowest BCUT2D eigenvalue weighted by molar-refractivity contribution is 0.218. The molecule has 4 heteroatoms. The summed E-state index contributed by atoms with van der Waals surface area (Å²) < 4.78 is 16.2. The van der Waals surface area contributed by atoms with E-state index in [0.717, 1.165) is 43.5 Å². The van der Waals surface area contributed by atoms with E-state index >= 15 is 0 Å². The van der Waals surface area contributed by atoms with E-state index in [9.17, 15) is 0 Å². The molecule has 0 spiro atoms. The number of rotatable bonds is 4. The van der Waals surface area contributed by atoms with Gasteiger partial charge in [0.1, 0.15) is 0 Å². The first-order valence-electron chi connectivity index (χ1n) is 5.41. The molecule has 0 amide bonds. The van der Waals surface area contributed by atoms with Crippen LogP contribution in [0.4, 0.5) is 0 Å². The minimum absolute atomic E-state index is 0.735. The van der Waals surface area contributed by atoms with Crippen LogP contribution < -0.4 is 9.47 Å². The third-order valence-corrected chi connectivity index (χ3v) is 3.23. The first-order chi connectivity index (χ1) is 7.90. The Morgan fingerprint density at radius 1 is 1.25 bits per heavy atom. The van der Waals surface area contributed by atoms with Crippen molar-refractivity contribution in [2.45, 2.75) is 11.3 Å². The molecule has 0 radical (unpaired) electrons. The van der Waals surface area contributed by atoms with Crippen molar-refractivity contribution in [2.75, 3.05) is 32.7 Å². The average molecular weight is 240 g/mol. The van der Waals surface area contributed by atoms with Gasteiger partial charge in [0.05, 0.1) is 19.8 Å². The highest BCUT2D eigenvalue weighted by molar-refractivity contribution is 7.99. The predicted octanol–water partition coefficient (Wildman–Crippen LogP) is 2.59. The van der Waals surface area contributed by atoms with Crippen LogP contribution in [0.25, 0.3) is 0 Å². The number of thioether (sulfide) groups is 1. The van der Waals surface area contributed by atoms with Gasteiger partial charge in [0.15, 0.2) is 11.5 Å². The molecule has 0 aromatic heterocycles. The third kappa shape index (κ3) is 3.06. The van der Waals surface area contributed by atoms with Crippen molar-refractivity contribution in [1.82, 2.24) is 0 Å². The van der Waals surface area contributed by atoms with E-state index in [1.165, 1.54) is 4.90 Å². The van der Waals surface area contributed by atoms with Gasteiger partial charge in [-0.05, 0) is 18.2 Å². The molecule has 2 rings (SSSR count). The van der Waals surface area contributed by atoms with E-state index in [0.29, 0.717) is 0 Å². The van der Waals surface area contributed by atoms with Crippen molar-refractivity contribution < 1.29 is 14.2 Å². The lowest BCUT2D eigenvalue weighted by Gasteiger charge is -2.08. The summed E-state index contributed by atoms with van der Waals surface area (Å²) in [7, 11) is 1.72. The Balaban J connectivity index is 2.02. The van der Waals surface area contributed by atoms with E-state index in [1.807, 2.05) is 12.1 Å². The van der Waals surface area contributed by atoms with Gasteiger partial charge in [-0.25, -0.2) is 0 Å². The van der Waals surface area contributed by atoms with Crippen molar-refractivity contribution in [2.24, 2.45) is 0 Å². The second-order valence-electron chi connectivity index (χ2n) is 3.50. The quantitative estimate of drug-likeness (QED) is 0.597. The number of fused-ring (bicyclic) bond motifs is 1. The van der Waals surface area contributed by atoms with Crippen molar-refractivity contribution in [3.63, 3.8) is 0 Å². The van der Waals surface area contributed by atoms with Crippen LogP contribution in [0.2, 0.25) is 0 Å². The number of ether oxygens (including phenoxy) is 3.